The van der Waals surface area contributed by atoms with E-state index in [2.05, 4.69) is 15.5 Å². The van der Waals surface area contributed by atoms with Crippen molar-refractivity contribution in [2.75, 3.05) is 31.4 Å². The van der Waals surface area contributed by atoms with Crippen molar-refractivity contribution in [1.82, 2.24) is 20.4 Å². The third-order valence-corrected chi connectivity index (χ3v) is 6.80. The fraction of sp³-hybridized carbons (Fsp3) is 0.364. The number of carboxylic acids is 1. The molecule has 2 unspecified atom stereocenters. The molecule has 0 spiro atoms. The molecule has 0 radical (unpaired) electrons. The molecule has 12 nitrogen and oxygen atoms in total. The molecule has 2 aromatic rings. The van der Waals surface area contributed by atoms with Crippen LogP contribution < -0.4 is 10.2 Å². The number of benzene rings is 1. The summed E-state index contributed by atoms with van der Waals surface area (Å²) < 4.78 is 10.2. The molecule has 0 aliphatic carbocycles. The summed E-state index contributed by atoms with van der Waals surface area (Å²) >= 11 is 1.28. The van der Waals surface area contributed by atoms with Crippen molar-refractivity contribution >= 4 is 41.5 Å². The Morgan fingerprint density at radius 1 is 1.31 bits per heavy atom. The molecule has 1 saturated heterocycles. The van der Waals surface area contributed by atoms with Crippen LogP contribution >= 0.6 is 11.8 Å². The van der Waals surface area contributed by atoms with Crippen molar-refractivity contribution < 1.29 is 33.5 Å². The van der Waals surface area contributed by atoms with Crippen molar-refractivity contribution in [1.29, 1.82) is 0 Å². The van der Waals surface area contributed by atoms with Gasteiger partial charge in [-0.25, -0.2) is 4.79 Å². The van der Waals surface area contributed by atoms with E-state index < -0.39 is 41.1 Å². The number of rotatable bonds is 8. The lowest BCUT2D eigenvalue weighted by molar-refractivity contribution is -0.151. The van der Waals surface area contributed by atoms with Gasteiger partial charge in [-0.15, -0.1) is 11.8 Å². The Morgan fingerprint density at radius 2 is 2.03 bits per heavy atom. The highest BCUT2D eigenvalue weighted by atomic mass is 32.2. The molecule has 184 valence electrons. The topological polar surface area (TPSA) is 155 Å². The molecule has 1 fully saturated rings. The number of thioether (sulfide) groups is 1. The highest BCUT2D eigenvalue weighted by Crippen LogP contribution is 2.40. The number of aromatic nitrogens is 2. The predicted molar refractivity (Wildman–Crippen MR) is 123 cm³/mol. The predicted octanol–water partition coefficient (Wildman–Crippen LogP) is 0.569. The van der Waals surface area contributed by atoms with Crippen molar-refractivity contribution in [2.24, 2.45) is 0 Å². The number of carboxylic acid groups (broad SMARTS) is 1. The Bertz CT molecular complexity index is 1200. The minimum atomic E-state index is -1.30. The highest BCUT2D eigenvalue weighted by Gasteiger charge is 2.54. The number of nitrogens with one attached hydrogen (secondary N) is 1. The van der Waals surface area contributed by atoms with Crippen LogP contribution in [-0.4, -0.2) is 81.8 Å². The fourth-order valence-corrected chi connectivity index (χ4v) is 5.14. The van der Waals surface area contributed by atoms with Gasteiger partial charge in [0.15, 0.2) is 5.82 Å². The highest BCUT2D eigenvalue weighted by molar-refractivity contribution is 8.00. The van der Waals surface area contributed by atoms with E-state index >= 15 is 0 Å². The average molecular weight is 502 g/mol. The lowest BCUT2D eigenvalue weighted by Crippen LogP contribution is -2.71. The van der Waals surface area contributed by atoms with E-state index in [1.807, 2.05) is 0 Å². The van der Waals surface area contributed by atoms with E-state index in [0.29, 0.717) is 11.1 Å². The van der Waals surface area contributed by atoms with E-state index in [4.69, 9.17) is 9.26 Å². The number of hydrogen-bond acceptors (Lipinski definition) is 10. The van der Waals surface area contributed by atoms with Gasteiger partial charge in [0, 0.05) is 32.3 Å². The number of carbonyl (C=O) groups is 4. The maximum atomic E-state index is 13.4. The second kappa shape index (κ2) is 9.78. The Balaban J connectivity index is 1.56. The number of amides is 2. The summed E-state index contributed by atoms with van der Waals surface area (Å²) in [6, 6.07) is 8.11. The molecule has 35 heavy (non-hydrogen) atoms. The Kier molecular flexibility index (Phi) is 6.78. The van der Waals surface area contributed by atoms with Crippen molar-refractivity contribution in [3.05, 3.63) is 53.0 Å². The molecule has 2 aliphatic heterocycles. The van der Waals surface area contributed by atoms with Gasteiger partial charge in [0.1, 0.15) is 29.6 Å². The molecule has 4 rings (SSSR count). The Hall–Kier alpha value is -3.87. The summed E-state index contributed by atoms with van der Waals surface area (Å²) in [4.78, 5) is 56.4. The molecule has 1 aromatic heterocycles. The monoisotopic (exact) mass is 501 g/mol. The number of β-lactam (4-membered cyclic amide) rings is 1. The van der Waals surface area contributed by atoms with Crippen LogP contribution in [0, 0.1) is 0 Å². The van der Waals surface area contributed by atoms with Gasteiger partial charge in [-0.3, -0.25) is 19.3 Å². The molecule has 2 aliphatic rings. The quantitative estimate of drug-likeness (QED) is 0.385. The minimum Gasteiger partial charge on any atom is -0.477 e. The zero-order valence-corrected chi connectivity index (χ0v) is 19.9. The van der Waals surface area contributed by atoms with Gasteiger partial charge >= 0.3 is 18.0 Å². The maximum absolute atomic E-state index is 13.4. The SMILES string of the molecule is CC(=O)OCC1=C(C(=O)O)N2C(=O)[C@H](NC(=O)C(c3ccccc3)c3noc(N(C)C)n3)C2SC1. The molecule has 13 heteroatoms. The van der Waals surface area contributed by atoms with Crippen LogP contribution in [0.15, 0.2) is 46.1 Å². The van der Waals surface area contributed by atoms with Crippen molar-refractivity contribution in [3.8, 4) is 0 Å². The number of fused-ring (bicyclic) bond motifs is 1. The standard InChI is InChI=1S/C22H23N5O7S/c1-11(28)33-9-13-10-35-20-15(19(30)27(20)16(13)21(31)32)23-18(29)14(12-7-5-4-6-8-12)17-24-22(26(2)3)34-25-17/h4-8,14-15,20H,9-10H2,1-3H3,(H,23,29)(H,31,32)/t14?,15-,20?/m0/s1. The zero-order chi connectivity index (χ0) is 25.3. The molecule has 2 N–H and O–H groups in total. The fourth-order valence-electron chi connectivity index (χ4n) is 3.81. The number of ether oxygens (including phenoxy) is 1. The molecule has 1 aromatic carbocycles. The molecule has 2 amide bonds. The normalized spacial score (nSPS) is 20.0. The van der Waals surface area contributed by atoms with Gasteiger partial charge in [-0.2, -0.15) is 4.98 Å². The number of hydrogen-bond donors (Lipinski definition) is 2. The van der Waals surface area contributed by atoms with Gasteiger partial charge in [0.25, 0.3) is 5.91 Å². The van der Waals surface area contributed by atoms with E-state index in [1.54, 1.807) is 49.3 Å². The van der Waals surface area contributed by atoms with Gasteiger partial charge in [0.2, 0.25) is 5.91 Å². The molecular weight excluding hydrogens is 478 g/mol. The van der Waals surface area contributed by atoms with Crippen molar-refractivity contribution in [3.63, 3.8) is 0 Å². The molecule has 0 bridgehead atoms. The lowest BCUT2D eigenvalue weighted by atomic mass is 9.95. The molecule has 3 atom stereocenters. The van der Waals surface area contributed by atoms with Crippen LogP contribution in [0.1, 0.15) is 24.2 Å². The van der Waals surface area contributed by atoms with Gasteiger partial charge in [-0.1, -0.05) is 35.5 Å². The molecular formula is C22H23N5O7S. The van der Waals surface area contributed by atoms with Crippen LogP contribution in [0.2, 0.25) is 0 Å². The average Bonchev–Trinajstić information content (AvgIpc) is 3.31. The summed E-state index contributed by atoms with van der Waals surface area (Å²) in [7, 11) is 3.44. The number of anilines is 1. The first-order valence-electron chi connectivity index (χ1n) is 10.6. The van der Waals surface area contributed by atoms with Crippen LogP contribution in [0.5, 0.6) is 0 Å². The van der Waals surface area contributed by atoms with Crippen LogP contribution in [0.3, 0.4) is 0 Å². The second-order valence-corrected chi connectivity index (χ2v) is 9.21. The van der Waals surface area contributed by atoms with E-state index in [0.717, 1.165) is 4.90 Å². The maximum Gasteiger partial charge on any atom is 0.352 e. The lowest BCUT2D eigenvalue weighted by Gasteiger charge is -2.49. The van der Waals surface area contributed by atoms with Crippen LogP contribution in [0.25, 0.3) is 0 Å². The van der Waals surface area contributed by atoms with E-state index in [-0.39, 0.29) is 29.9 Å². The summed E-state index contributed by atoms with van der Waals surface area (Å²) in [6.07, 6.45) is 0. The first kappa shape index (κ1) is 24.3. The second-order valence-electron chi connectivity index (χ2n) is 8.11. The third kappa shape index (κ3) is 4.71. The minimum absolute atomic E-state index is 0.132. The van der Waals surface area contributed by atoms with Gasteiger partial charge < -0.3 is 24.6 Å². The van der Waals surface area contributed by atoms with E-state index in [9.17, 15) is 24.3 Å². The first-order valence-corrected chi connectivity index (χ1v) is 11.6. The van der Waals surface area contributed by atoms with Gasteiger partial charge in [-0.05, 0) is 5.56 Å². The van der Waals surface area contributed by atoms with Crippen LogP contribution in [-0.2, 0) is 23.9 Å². The number of carbonyl (C=O) groups excluding carboxylic acids is 3. The smallest absolute Gasteiger partial charge is 0.352 e. The number of nitrogens with zero attached hydrogens (tertiary/aromatic N) is 4. The van der Waals surface area contributed by atoms with Gasteiger partial charge in [0.05, 0.1) is 0 Å². The summed E-state index contributed by atoms with van der Waals surface area (Å²) in [5, 5.41) is 15.8. The number of esters is 1. The third-order valence-electron chi connectivity index (χ3n) is 5.46. The van der Waals surface area contributed by atoms with Crippen molar-refractivity contribution in [2.45, 2.75) is 24.3 Å². The molecule has 0 saturated carbocycles. The summed E-state index contributed by atoms with van der Waals surface area (Å²) in [5.74, 6) is -3.53. The van der Waals surface area contributed by atoms with E-state index in [1.165, 1.54) is 18.7 Å². The largest absolute Gasteiger partial charge is 0.477 e. The Morgan fingerprint density at radius 3 is 2.63 bits per heavy atom. The zero-order valence-electron chi connectivity index (χ0n) is 19.1. The summed E-state index contributed by atoms with van der Waals surface area (Å²) in [5.41, 5.74) is 0.696. The van der Waals surface area contributed by atoms with Crippen LogP contribution in [0.4, 0.5) is 6.01 Å². The Labute approximate surface area is 204 Å². The first-order chi connectivity index (χ1) is 16.7. The molecule has 3 heterocycles. The summed E-state index contributed by atoms with van der Waals surface area (Å²) in [6.45, 7) is 0.994. The number of aliphatic carboxylic acids is 1.